The second-order valence-electron chi connectivity index (χ2n) is 4.92. The van der Waals surface area contributed by atoms with Gasteiger partial charge in [-0.05, 0) is 31.4 Å². The summed E-state index contributed by atoms with van der Waals surface area (Å²) >= 11 is 0. The van der Waals surface area contributed by atoms with Gasteiger partial charge in [-0.1, -0.05) is 19.8 Å². The lowest BCUT2D eigenvalue weighted by Crippen LogP contribution is -2.34. The Labute approximate surface area is 109 Å². The quantitative estimate of drug-likeness (QED) is 0.636. The van der Waals surface area contributed by atoms with Gasteiger partial charge in [0.15, 0.2) is 0 Å². The number of nitrogens with zero attached hydrogens (tertiary/aromatic N) is 2. The van der Waals surface area contributed by atoms with Crippen LogP contribution in [0, 0.1) is 5.41 Å². The average molecular weight is 246 g/mol. The molecule has 1 atom stereocenters. The summed E-state index contributed by atoms with van der Waals surface area (Å²) < 4.78 is 0. The lowest BCUT2D eigenvalue weighted by Gasteiger charge is -2.31. The number of nitrogen functional groups attached to an aromatic ring is 1. The van der Waals surface area contributed by atoms with E-state index >= 15 is 0 Å². The fraction of sp³-hybridized carbons (Fsp3) is 0.571. The molecule has 4 nitrogen and oxygen atoms in total. The highest BCUT2D eigenvalue weighted by Gasteiger charge is 2.20. The Hall–Kier alpha value is -1.58. The lowest BCUT2D eigenvalue weighted by atomic mass is 10.1. The van der Waals surface area contributed by atoms with E-state index < -0.39 is 0 Å². The maximum absolute atomic E-state index is 7.48. The van der Waals surface area contributed by atoms with Crippen LogP contribution >= 0.6 is 0 Å². The van der Waals surface area contributed by atoms with Crippen LogP contribution in [0.4, 0.5) is 5.69 Å². The average Bonchev–Trinajstić information content (AvgIpc) is 2.63. The van der Waals surface area contributed by atoms with Gasteiger partial charge in [-0.25, -0.2) is 0 Å². The third kappa shape index (κ3) is 2.81. The van der Waals surface area contributed by atoms with Crippen molar-refractivity contribution in [2.24, 2.45) is 5.73 Å². The van der Waals surface area contributed by atoms with Crippen LogP contribution in [0.2, 0.25) is 0 Å². The van der Waals surface area contributed by atoms with Crippen LogP contribution in [0.15, 0.2) is 18.3 Å². The molecule has 0 aliphatic carbocycles. The summed E-state index contributed by atoms with van der Waals surface area (Å²) in [5.41, 5.74) is 7.24. The van der Waals surface area contributed by atoms with E-state index in [2.05, 4.69) is 16.8 Å². The van der Waals surface area contributed by atoms with Gasteiger partial charge in [-0.2, -0.15) is 0 Å². The molecule has 2 heterocycles. The molecule has 0 aromatic carbocycles. The summed E-state index contributed by atoms with van der Waals surface area (Å²) in [5.74, 6) is 0.0414. The first-order chi connectivity index (χ1) is 8.72. The minimum atomic E-state index is 0.0414. The maximum atomic E-state index is 7.48. The maximum Gasteiger partial charge on any atom is 0.141 e. The number of rotatable bonds is 3. The predicted molar refractivity (Wildman–Crippen MR) is 75.1 cm³/mol. The minimum Gasteiger partial charge on any atom is -0.382 e. The summed E-state index contributed by atoms with van der Waals surface area (Å²) in [6.07, 6.45) is 8.06. The van der Waals surface area contributed by atoms with Crippen molar-refractivity contribution in [1.29, 1.82) is 5.41 Å². The third-order valence-electron chi connectivity index (χ3n) is 3.70. The Morgan fingerprint density at radius 3 is 3.06 bits per heavy atom. The zero-order valence-corrected chi connectivity index (χ0v) is 11.0. The van der Waals surface area contributed by atoms with Gasteiger partial charge in [0, 0.05) is 24.5 Å². The van der Waals surface area contributed by atoms with Gasteiger partial charge in [0.2, 0.25) is 0 Å². The molecule has 0 bridgehead atoms. The van der Waals surface area contributed by atoms with Crippen molar-refractivity contribution >= 4 is 11.5 Å². The molecule has 1 aliphatic rings. The highest BCUT2D eigenvalue weighted by atomic mass is 15.2. The van der Waals surface area contributed by atoms with E-state index in [1.807, 2.05) is 12.1 Å². The van der Waals surface area contributed by atoms with Crippen molar-refractivity contribution in [2.75, 3.05) is 11.4 Å². The summed E-state index contributed by atoms with van der Waals surface area (Å²) in [5, 5.41) is 7.48. The topological polar surface area (TPSA) is 66.0 Å². The van der Waals surface area contributed by atoms with Gasteiger partial charge >= 0.3 is 0 Å². The molecule has 1 aliphatic heterocycles. The number of amidine groups is 1. The van der Waals surface area contributed by atoms with Crippen LogP contribution in [0.3, 0.4) is 0 Å². The second-order valence-corrected chi connectivity index (χ2v) is 4.92. The van der Waals surface area contributed by atoms with E-state index in [0.29, 0.717) is 11.7 Å². The Balaban J connectivity index is 2.26. The molecule has 1 saturated heterocycles. The van der Waals surface area contributed by atoms with Crippen LogP contribution < -0.4 is 10.6 Å². The SMILES string of the molecule is CCC1CCCCCN1c1ccnc(C(=N)N)c1. The summed E-state index contributed by atoms with van der Waals surface area (Å²) in [6, 6.07) is 4.58. The number of nitrogens with one attached hydrogen (secondary N) is 1. The Morgan fingerprint density at radius 1 is 1.50 bits per heavy atom. The highest BCUT2D eigenvalue weighted by molar-refractivity contribution is 5.93. The van der Waals surface area contributed by atoms with Crippen LogP contribution in [-0.2, 0) is 0 Å². The van der Waals surface area contributed by atoms with Gasteiger partial charge in [0.1, 0.15) is 11.5 Å². The molecule has 1 unspecified atom stereocenters. The Bertz CT molecular complexity index is 416. The molecule has 1 aromatic heterocycles. The number of anilines is 1. The standard InChI is InChI=1S/C14H22N4/c1-2-11-6-4-3-5-9-18(11)12-7-8-17-13(10-12)14(15)16/h7-8,10-11H,2-6,9H2,1H3,(H3,15,16). The normalized spacial score (nSPS) is 20.5. The van der Waals surface area contributed by atoms with Crippen LogP contribution in [-0.4, -0.2) is 23.4 Å². The number of pyridine rings is 1. The zero-order chi connectivity index (χ0) is 13.0. The zero-order valence-electron chi connectivity index (χ0n) is 11.0. The van der Waals surface area contributed by atoms with Gasteiger partial charge < -0.3 is 10.6 Å². The minimum absolute atomic E-state index is 0.0414. The third-order valence-corrected chi connectivity index (χ3v) is 3.70. The molecule has 98 valence electrons. The fourth-order valence-corrected chi connectivity index (χ4v) is 2.69. The Kier molecular flexibility index (Phi) is 4.18. The highest BCUT2D eigenvalue weighted by Crippen LogP contribution is 2.25. The van der Waals surface area contributed by atoms with Crippen LogP contribution in [0.25, 0.3) is 0 Å². The van der Waals surface area contributed by atoms with Crippen molar-refractivity contribution in [3.63, 3.8) is 0 Å². The van der Waals surface area contributed by atoms with E-state index in [4.69, 9.17) is 11.1 Å². The molecular weight excluding hydrogens is 224 g/mol. The van der Waals surface area contributed by atoms with Crippen molar-refractivity contribution in [3.8, 4) is 0 Å². The van der Waals surface area contributed by atoms with Crippen molar-refractivity contribution in [2.45, 2.75) is 45.1 Å². The van der Waals surface area contributed by atoms with Crippen molar-refractivity contribution < 1.29 is 0 Å². The van der Waals surface area contributed by atoms with Gasteiger partial charge in [-0.3, -0.25) is 10.4 Å². The summed E-state index contributed by atoms with van der Waals surface area (Å²) in [4.78, 5) is 6.59. The van der Waals surface area contributed by atoms with Gasteiger partial charge in [-0.15, -0.1) is 0 Å². The van der Waals surface area contributed by atoms with Gasteiger partial charge in [0.25, 0.3) is 0 Å². The van der Waals surface area contributed by atoms with Gasteiger partial charge in [0.05, 0.1) is 0 Å². The molecule has 4 heteroatoms. The van der Waals surface area contributed by atoms with E-state index in [0.717, 1.165) is 18.7 Å². The van der Waals surface area contributed by atoms with Crippen LogP contribution in [0.5, 0.6) is 0 Å². The predicted octanol–water partition coefficient (Wildman–Crippen LogP) is 2.52. The molecule has 18 heavy (non-hydrogen) atoms. The van der Waals surface area contributed by atoms with Crippen LogP contribution in [0.1, 0.15) is 44.7 Å². The summed E-state index contributed by atoms with van der Waals surface area (Å²) in [7, 11) is 0. The first-order valence-corrected chi connectivity index (χ1v) is 6.79. The molecule has 2 rings (SSSR count). The number of aromatic nitrogens is 1. The molecule has 1 aromatic rings. The van der Waals surface area contributed by atoms with Crippen molar-refractivity contribution in [3.05, 3.63) is 24.0 Å². The number of nitrogens with two attached hydrogens (primary N) is 1. The molecule has 0 spiro atoms. The second kappa shape index (κ2) is 5.85. The first-order valence-electron chi connectivity index (χ1n) is 6.79. The lowest BCUT2D eigenvalue weighted by molar-refractivity contribution is 0.556. The van der Waals surface area contributed by atoms with E-state index in [1.54, 1.807) is 6.20 Å². The molecule has 0 radical (unpaired) electrons. The van der Waals surface area contributed by atoms with E-state index in [9.17, 15) is 0 Å². The molecule has 1 fully saturated rings. The molecule has 0 saturated carbocycles. The van der Waals surface area contributed by atoms with E-state index in [-0.39, 0.29) is 5.84 Å². The Morgan fingerprint density at radius 2 is 2.33 bits per heavy atom. The monoisotopic (exact) mass is 246 g/mol. The number of hydrogen-bond donors (Lipinski definition) is 2. The van der Waals surface area contributed by atoms with Crippen molar-refractivity contribution in [1.82, 2.24) is 4.98 Å². The molecular formula is C14H22N4. The molecule has 0 amide bonds. The smallest absolute Gasteiger partial charge is 0.141 e. The number of hydrogen-bond acceptors (Lipinski definition) is 3. The largest absolute Gasteiger partial charge is 0.382 e. The first kappa shape index (κ1) is 12.9. The summed E-state index contributed by atoms with van der Waals surface area (Å²) in [6.45, 7) is 3.34. The fourth-order valence-electron chi connectivity index (χ4n) is 2.69. The van der Waals surface area contributed by atoms with E-state index in [1.165, 1.54) is 25.7 Å². The molecule has 3 N–H and O–H groups in total.